The molecule has 3 heterocycles. The molecule has 5 nitrogen and oxygen atoms in total. The van der Waals surface area contributed by atoms with Crippen molar-refractivity contribution < 1.29 is 13.2 Å². The lowest BCUT2D eigenvalue weighted by atomic mass is 10.1. The van der Waals surface area contributed by atoms with Gasteiger partial charge in [-0.1, -0.05) is 0 Å². The van der Waals surface area contributed by atoms with E-state index < -0.39 is 11.7 Å². The summed E-state index contributed by atoms with van der Waals surface area (Å²) in [5, 5.41) is 8.57. The summed E-state index contributed by atoms with van der Waals surface area (Å²) in [6, 6.07) is 2.73. The van der Waals surface area contributed by atoms with Gasteiger partial charge in [0, 0.05) is 26.2 Å². The highest BCUT2D eigenvalue weighted by Crippen LogP contribution is 2.46. The van der Waals surface area contributed by atoms with Crippen LogP contribution in [0.3, 0.4) is 0 Å². The first-order chi connectivity index (χ1) is 10.8. The molecule has 3 aromatic rings. The molecule has 0 aliphatic heterocycles. The molecule has 0 unspecified atom stereocenters. The van der Waals surface area contributed by atoms with E-state index in [0.717, 1.165) is 18.9 Å². The van der Waals surface area contributed by atoms with Crippen molar-refractivity contribution in [3.63, 3.8) is 0 Å². The Hall–Kier alpha value is -2.38. The van der Waals surface area contributed by atoms with Crippen LogP contribution < -0.4 is 0 Å². The molecule has 0 atom stereocenters. The van der Waals surface area contributed by atoms with Crippen molar-refractivity contribution >= 4 is 11.0 Å². The summed E-state index contributed by atoms with van der Waals surface area (Å²) in [6.07, 6.45) is -1.03. The van der Waals surface area contributed by atoms with Gasteiger partial charge in [0.2, 0.25) is 0 Å². The summed E-state index contributed by atoms with van der Waals surface area (Å²) in [6.45, 7) is 0. The molecule has 0 amide bonds. The number of aryl methyl sites for hydroxylation is 2. The third kappa shape index (κ3) is 2.29. The van der Waals surface area contributed by atoms with Crippen molar-refractivity contribution in [1.82, 2.24) is 24.5 Å². The number of fused-ring (bicyclic) bond motifs is 1. The van der Waals surface area contributed by atoms with Gasteiger partial charge in [-0.05, 0) is 25.0 Å². The predicted octanol–water partition coefficient (Wildman–Crippen LogP) is 3.27. The Morgan fingerprint density at radius 2 is 1.87 bits per heavy atom. The number of hydrogen-bond acceptors (Lipinski definition) is 3. The molecule has 120 valence electrons. The van der Waals surface area contributed by atoms with Gasteiger partial charge in [-0.3, -0.25) is 9.36 Å². The highest BCUT2D eigenvalue weighted by atomic mass is 19.4. The normalized spacial score (nSPS) is 15.5. The smallest absolute Gasteiger partial charge is 0.275 e. The second-order valence-corrected chi connectivity index (χ2v) is 5.91. The highest BCUT2D eigenvalue weighted by molar-refractivity contribution is 5.86. The largest absolute Gasteiger partial charge is 0.417 e. The molecule has 0 bridgehead atoms. The molecule has 1 saturated carbocycles. The maximum absolute atomic E-state index is 13.6. The van der Waals surface area contributed by atoms with Gasteiger partial charge in [0.25, 0.3) is 0 Å². The highest BCUT2D eigenvalue weighted by Gasteiger charge is 2.39. The molecule has 1 fully saturated rings. The van der Waals surface area contributed by atoms with E-state index in [1.54, 1.807) is 26.4 Å². The molecule has 1 aliphatic rings. The molecule has 3 aromatic heterocycles. The van der Waals surface area contributed by atoms with Crippen LogP contribution in [0.5, 0.6) is 0 Å². The summed E-state index contributed by atoms with van der Waals surface area (Å²) in [5.74, 6) is 0.113. The van der Waals surface area contributed by atoms with E-state index in [2.05, 4.69) is 15.2 Å². The summed E-state index contributed by atoms with van der Waals surface area (Å²) in [7, 11) is 3.34. The minimum Gasteiger partial charge on any atom is -0.275 e. The molecule has 0 N–H and O–H groups in total. The van der Waals surface area contributed by atoms with Gasteiger partial charge >= 0.3 is 6.18 Å². The van der Waals surface area contributed by atoms with Crippen LogP contribution in [-0.2, 0) is 20.3 Å². The number of alkyl halides is 3. The number of nitrogens with zero attached hydrogens (tertiary/aromatic N) is 5. The van der Waals surface area contributed by atoms with Gasteiger partial charge in [0.05, 0.1) is 22.3 Å². The summed E-state index contributed by atoms with van der Waals surface area (Å²) < 4.78 is 43.8. The van der Waals surface area contributed by atoms with E-state index in [1.807, 2.05) is 0 Å². The molecular weight excluding hydrogens is 307 g/mol. The maximum atomic E-state index is 13.6. The van der Waals surface area contributed by atoms with Crippen molar-refractivity contribution in [2.24, 2.45) is 14.1 Å². The minimum absolute atomic E-state index is 0.113. The van der Waals surface area contributed by atoms with Crippen molar-refractivity contribution in [3.05, 3.63) is 29.6 Å². The van der Waals surface area contributed by atoms with E-state index in [-0.39, 0.29) is 22.6 Å². The van der Waals surface area contributed by atoms with Gasteiger partial charge in [0.15, 0.2) is 5.65 Å². The average molecular weight is 321 g/mol. The van der Waals surface area contributed by atoms with Crippen molar-refractivity contribution in [2.45, 2.75) is 24.9 Å². The summed E-state index contributed by atoms with van der Waals surface area (Å²) in [4.78, 5) is 4.39. The molecule has 4 rings (SSSR count). The lowest BCUT2D eigenvalue weighted by Gasteiger charge is -2.10. The van der Waals surface area contributed by atoms with Crippen molar-refractivity contribution in [1.29, 1.82) is 0 Å². The van der Waals surface area contributed by atoms with E-state index in [4.69, 9.17) is 0 Å². The molecule has 8 heteroatoms. The molecule has 1 aliphatic carbocycles. The molecular formula is C15H14F3N5. The Balaban J connectivity index is 2.03. The van der Waals surface area contributed by atoms with Crippen LogP contribution in [0.2, 0.25) is 0 Å². The summed E-state index contributed by atoms with van der Waals surface area (Å²) >= 11 is 0. The first kappa shape index (κ1) is 14.2. The lowest BCUT2D eigenvalue weighted by Crippen LogP contribution is -2.08. The topological polar surface area (TPSA) is 48.5 Å². The zero-order valence-corrected chi connectivity index (χ0v) is 12.6. The first-order valence-electron chi connectivity index (χ1n) is 7.29. The fourth-order valence-corrected chi connectivity index (χ4v) is 2.83. The second-order valence-electron chi connectivity index (χ2n) is 5.91. The number of halogens is 3. The monoisotopic (exact) mass is 321 g/mol. The number of hydrogen-bond donors (Lipinski definition) is 0. The van der Waals surface area contributed by atoms with E-state index in [1.165, 1.54) is 9.36 Å². The molecule has 0 aromatic carbocycles. The van der Waals surface area contributed by atoms with Gasteiger partial charge in [-0.25, -0.2) is 4.98 Å². The van der Waals surface area contributed by atoms with Crippen molar-refractivity contribution in [3.8, 4) is 11.4 Å². The number of aromatic nitrogens is 5. The van der Waals surface area contributed by atoms with Crippen LogP contribution in [-0.4, -0.2) is 24.5 Å². The fourth-order valence-electron chi connectivity index (χ4n) is 2.83. The maximum Gasteiger partial charge on any atom is 0.417 e. The van der Waals surface area contributed by atoms with E-state index >= 15 is 0 Å². The van der Waals surface area contributed by atoms with Gasteiger partial charge in [0.1, 0.15) is 5.69 Å². The molecule has 0 spiro atoms. The fraction of sp³-hybridized carbons (Fsp3) is 0.400. The lowest BCUT2D eigenvalue weighted by molar-refractivity contribution is -0.136. The van der Waals surface area contributed by atoms with Gasteiger partial charge in [-0.2, -0.15) is 23.4 Å². The summed E-state index contributed by atoms with van der Waals surface area (Å²) in [5.41, 5.74) is 0.695. The Labute approximate surface area is 129 Å². The zero-order valence-electron chi connectivity index (χ0n) is 12.6. The van der Waals surface area contributed by atoms with Crippen LogP contribution in [0, 0.1) is 0 Å². The Bertz CT molecular complexity index is 902. The number of pyridine rings is 1. The van der Waals surface area contributed by atoms with Crippen LogP contribution in [0.25, 0.3) is 22.4 Å². The zero-order chi connectivity index (χ0) is 16.4. The SMILES string of the molecule is Cn1ccc(-c2cc(C(F)(F)F)c3c(C4CC4)nn(C)c3n2)n1. The second kappa shape index (κ2) is 4.56. The molecule has 0 saturated heterocycles. The Morgan fingerprint density at radius 3 is 2.43 bits per heavy atom. The Morgan fingerprint density at radius 1 is 1.13 bits per heavy atom. The van der Waals surface area contributed by atoms with Gasteiger partial charge < -0.3 is 0 Å². The van der Waals surface area contributed by atoms with Crippen LogP contribution in [0.15, 0.2) is 18.3 Å². The quantitative estimate of drug-likeness (QED) is 0.728. The van der Waals surface area contributed by atoms with Gasteiger partial charge in [-0.15, -0.1) is 0 Å². The predicted molar refractivity (Wildman–Crippen MR) is 77.7 cm³/mol. The molecule has 0 radical (unpaired) electrons. The van der Waals surface area contributed by atoms with Crippen LogP contribution in [0.1, 0.15) is 30.0 Å². The van der Waals surface area contributed by atoms with E-state index in [0.29, 0.717) is 11.4 Å². The van der Waals surface area contributed by atoms with Crippen LogP contribution in [0.4, 0.5) is 13.2 Å². The van der Waals surface area contributed by atoms with E-state index in [9.17, 15) is 13.2 Å². The third-order valence-corrected chi connectivity index (χ3v) is 4.07. The average Bonchev–Trinajstić information content (AvgIpc) is 3.15. The minimum atomic E-state index is -4.46. The standard InChI is InChI=1S/C15H14F3N5/c1-22-6-5-10(20-22)11-7-9(15(16,17)18)12-13(8-3-4-8)21-23(2)14(12)19-11/h5-8H,3-4H2,1-2H3. The third-order valence-electron chi connectivity index (χ3n) is 4.07. The first-order valence-corrected chi connectivity index (χ1v) is 7.29. The number of rotatable bonds is 2. The Kier molecular flexibility index (Phi) is 2.82. The molecule has 23 heavy (non-hydrogen) atoms. The van der Waals surface area contributed by atoms with Crippen molar-refractivity contribution in [2.75, 3.05) is 0 Å². The van der Waals surface area contributed by atoms with Crippen LogP contribution >= 0.6 is 0 Å².